The number of anilines is 1. The number of azo groups is 2. The molecule has 12 nitrogen and oxygen atoms in total. The van der Waals surface area contributed by atoms with E-state index in [-0.39, 0.29) is 38.0 Å². The molecule has 4 aromatic rings. The number of nitriles is 1. The topological polar surface area (TPSA) is 135 Å². The average Bonchev–Trinajstić information content (AvgIpc) is 3.84. The Hall–Kier alpha value is -5.30. The number of amides is 2. The second-order valence-corrected chi connectivity index (χ2v) is 16.0. The third-order valence-corrected chi connectivity index (χ3v) is 10.6. The van der Waals surface area contributed by atoms with Crippen LogP contribution in [0.25, 0.3) is 11.3 Å². The smallest absolute Gasteiger partial charge is 0.415 e. The number of β-amino-alcohol motifs (C(OH)–C–C–N with tert-alkyl or cyclic N) is 1. The molecule has 15 heteroatoms. The number of nitrogens with zero attached hydrogens (tertiary/aromatic N) is 7. The van der Waals surface area contributed by atoms with Crippen LogP contribution in [0.5, 0.6) is 0 Å². The van der Waals surface area contributed by atoms with Gasteiger partial charge in [0.05, 0.1) is 34.6 Å². The lowest BCUT2D eigenvalue weighted by Gasteiger charge is -2.32. The number of benzene rings is 3. The summed E-state index contributed by atoms with van der Waals surface area (Å²) in [6, 6.07) is 19.0. The Balaban J connectivity index is 1.30. The first-order chi connectivity index (χ1) is 26.4. The predicted octanol–water partition coefficient (Wildman–Crippen LogP) is 8.41. The van der Waals surface area contributed by atoms with Crippen LogP contribution in [-0.2, 0) is 21.6 Å². The normalized spacial score (nSPS) is 15.4. The van der Waals surface area contributed by atoms with Gasteiger partial charge in [0.15, 0.2) is 18.5 Å². The van der Waals surface area contributed by atoms with Crippen molar-refractivity contribution >= 4 is 29.2 Å². The van der Waals surface area contributed by atoms with Crippen LogP contribution in [0.2, 0.25) is 0 Å². The van der Waals surface area contributed by atoms with Crippen molar-refractivity contribution < 1.29 is 37.6 Å². The zero-order valence-electron chi connectivity index (χ0n) is 32.9. The van der Waals surface area contributed by atoms with E-state index in [0.717, 1.165) is 23.8 Å². The first kappa shape index (κ1) is 41.9. The van der Waals surface area contributed by atoms with Gasteiger partial charge >= 0.3 is 12.2 Å². The highest BCUT2D eigenvalue weighted by Gasteiger charge is 2.47. The molecule has 0 saturated heterocycles. The van der Waals surface area contributed by atoms with Gasteiger partial charge in [0.1, 0.15) is 17.2 Å². The molecule has 5 rings (SSSR count). The SMILES string of the molecule is CC(OC(=O)N(C)c1ccccc1CN(C(=O)OC(C)(C)C)C(C)C)N1CN=[N+](C[C@](O)(c2cc(F)ccc2F)[C@@H](C)c2nc(-c3ccc(C#N)cc3)cs2)C1. The molecule has 2 amide bonds. The highest BCUT2D eigenvalue weighted by Crippen LogP contribution is 2.41. The quantitative estimate of drug-likeness (QED) is 0.142. The lowest BCUT2D eigenvalue weighted by Crippen LogP contribution is -2.44. The zero-order valence-corrected chi connectivity index (χ0v) is 33.7. The molecule has 1 aliphatic heterocycles. The van der Waals surface area contributed by atoms with Crippen LogP contribution in [0.3, 0.4) is 0 Å². The lowest BCUT2D eigenvalue weighted by molar-refractivity contribution is -0.609. The van der Waals surface area contributed by atoms with E-state index >= 15 is 4.39 Å². The Morgan fingerprint density at radius 2 is 1.75 bits per heavy atom. The summed E-state index contributed by atoms with van der Waals surface area (Å²) in [5, 5.41) is 28.4. The number of ether oxygens (including phenoxy) is 2. The van der Waals surface area contributed by atoms with Crippen molar-refractivity contribution in [2.75, 3.05) is 31.8 Å². The molecule has 1 unspecified atom stereocenters. The van der Waals surface area contributed by atoms with E-state index in [1.807, 2.05) is 31.4 Å². The van der Waals surface area contributed by atoms with E-state index in [1.54, 1.807) is 87.9 Å². The maximum absolute atomic E-state index is 15.4. The van der Waals surface area contributed by atoms with Gasteiger partial charge in [-0.1, -0.05) is 37.3 Å². The van der Waals surface area contributed by atoms with Gasteiger partial charge in [-0.05, 0) is 88.6 Å². The zero-order chi connectivity index (χ0) is 40.9. The van der Waals surface area contributed by atoms with E-state index in [4.69, 9.17) is 19.7 Å². The molecule has 1 aliphatic rings. The van der Waals surface area contributed by atoms with Crippen molar-refractivity contribution in [3.63, 3.8) is 0 Å². The van der Waals surface area contributed by atoms with E-state index in [0.29, 0.717) is 27.5 Å². The third-order valence-electron chi connectivity index (χ3n) is 9.53. The summed E-state index contributed by atoms with van der Waals surface area (Å²) in [5.41, 5.74) is 0.239. The predicted molar refractivity (Wildman–Crippen MR) is 208 cm³/mol. The van der Waals surface area contributed by atoms with Gasteiger partial charge in [-0.25, -0.2) is 23.4 Å². The Bertz CT molecular complexity index is 2110. The van der Waals surface area contributed by atoms with Gasteiger partial charge in [-0.15, -0.1) is 16.0 Å². The Kier molecular flexibility index (Phi) is 12.9. The van der Waals surface area contributed by atoms with Crippen LogP contribution in [0.1, 0.15) is 76.1 Å². The summed E-state index contributed by atoms with van der Waals surface area (Å²) in [4.78, 5) is 36.0. The Labute approximate surface area is 330 Å². The molecule has 2 heterocycles. The van der Waals surface area contributed by atoms with Crippen molar-refractivity contribution in [3.05, 3.63) is 105 Å². The number of thiazole rings is 1. The second-order valence-electron chi connectivity index (χ2n) is 15.1. The first-order valence-corrected chi connectivity index (χ1v) is 19.1. The number of para-hydroxylation sites is 1. The Morgan fingerprint density at radius 3 is 2.41 bits per heavy atom. The fraction of sp³-hybridized carbons (Fsp3) is 0.415. The summed E-state index contributed by atoms with van der Waals surface area (Å²) >= 11 is 1.27. The first-order valence-electron chi connectivity index (χ1n) is 18.2. The molecule has 296 valence electrons. The van der Waals surface area contributed by atoms with E-state index in [2.05, 4.69) is 11.2 Å². The summed E-state index contributed by atoms with van der Waals surface area (Å²) in [6.07, 6.45) is -1.89. The average molecular weight is 789 g/mol. The summed E-state index contributed by atoms with van der Waals surface area (Å²) < 4.78 is 43.1. The standard InChI is InChI=1S/C41H48F2N7O5S/c1-26(2)50(39(52)55-40(5,6)7)21-31-11-9-10-12-36(31)47(8)38(51)54-28(4)48-24-45-49(25-48)23-41(53,33-19-32(42)17-18-34(33)43)27(3)37-46-35(22-56-37)30-15-13-29(20-44)14-16-30/h9-19,22,26-28,53H,21,23-25H2,1-8H3/q+1/t27-,28?,41+/m0/s1. The summed E-state index contributed by atoms with van der Waals surface area (Å²) in [6.45, 7) is 12.8. The number of carbonyl (C=O) groups is 2. The fourth-order valence-electron chi connectivity index (χ4n) is 6.23. The largest absolute Gasteiger partial charge is 0.444 e. The van der Waals surface area contributed by atoms with Crippen molar-refractivity contribution in [2.24, 2.45) is 5.11 Å². The summed E-state index contributed by atoms with van der Waals surface area (Å²) in [5.74, 6) is -2.31. The van der Waals surface area contributed by atoms with Crippen molar-refractivity contribution in [3.8, 4) is 17.3 Å². The number of aromatic nitrogens is 1. The van der Waals surface area contributed by atoms with Crippen LogP contribution in [0.4, 0.5) is 24.1 Å². The minimum absolute atomic E-state index is 0.101. The van der Waals surface area contributed by atoms with E-state index in [9.17, 15) is 19.1 Å². The van der Waals surface area contributed by atoms with Crippen molar-refractivity contribution in [2.45, 2.75) is 84.4 Å². The van der Waals surface area contributed by atoms with Crippen LogP contribution >= 0.6 is 11.3 Å². The molecular formula is C41H48F2N7O5S+. The maximum Gasteiger partial charge on any atom is 0.415 e. The lowest BCUT2D eigenvalue weighted by atomic mass is 9.82. The number of aliphatic hydroxyl groups is 1. The fourth-order valence-corrected chi connectivity index (χ4v) is 7.20. The number of hydrogen-bond acceptors (Lipinski definition) is 10. The number of carbonyl (C=O) groups excluding carboxylic acids is 2. The molecule has 3 atom stereocenters. The number of halogens is 2. The molecule has 0 saturated carbocycles. The third kappa shape index (κ3) is 9.73. The van der Waals surface area contributed by atoms with Crippen molar-refractivity contribution in [1.82, 2.24) is 14.8 Å². The second kappa shape index (κ2) is 17.2. The molecule has 3 aromatic carbocycles. The molecule has 0 fully saturated rings. The minimum Gasteiger partial charge on any atom is -0.444 e. The van der Waals surface area contributed by atoms with Crippen LogP contribution < -0.4 is 4.90 Å². The molecule has 0 radical (unpaired) electrons. The van der Waals surface area contributed by atoms with Gasteiger partial charge in [-0.3, -0.25) is 4.90 Å². The highest BCUT2D eigenvalue weighted by atomic mass is 32.1. The molecular weight excluding hydrogens is 741 g/mol. The van der Waals surface area contributed by atoms with Crippen LogP contribution in [0.15, 0.2) is 77.2 Å². The number of hydrogen-bond donors (Lipinski definition) is 1. The molecule has 0 bridgehead atoms. The Morgan fingerprint density at radius 1 is 1.05 bits per heavy atom. The highest BCUT2D eigenvalue weighted by molar-refractivity contribution is 7.10. The molecule has 0 aliphatic carbocycles. The van der Waals surface area contributed by atoms with E-state index < -0.39 is 47.2 Å². The maximum atomic E-state index is 15.4. The van der Waals surface area contributed by atoms with Gasteiger partial charge in [0.2, 0.25) is 13.2 Å². The van der Waals surface area contributed by atoms with Gasteiger partial charge in [-0.2, -0.15) is 10.2 Å². The van der Waals surface area contributed by atoms with Crippen LogP contribution in [-0.4, -0.2) is 81.6 Å². The molecule has 1 aromatic heterocycles. The molecule has 1 N–H and O–H groups in total. The minimum atomic E-state index is -1.99. The van der Waals surface area contributed by atoms with Gasteiger partial charge in [0, 0.05) is 35.5 Å². The van der Waals surface area contributed by atoms with E-state index in [1.165, 1.54) is 20.9 Å². The van der Waals surface area contributed by atoms with Crippen molar-refractivity contribution in [1.29, 1.82) is 5.26 Å². The monoisotopic (exact) mass is 788 g/mol. The molecule has 0 spiro atoms. The number of rotatable bonds is 12. The van der Waals surface area contributed by atoms with Gasteiger partial charge < -0.3 is 19.5 Å². The summed E-state index contributed by atoms with van der Waals surface area (Å²) in [7, 11) is 1.59. The molecule has 56 heavy (non-hydrogen) atoms. The van der Waals surface area contributed by atoms with Gasteiger partial charge in [0.25, 0.3) is 0 Å². The van der Waals surface area contributed by atoms with Crippen LogP contribution in [0, 0.1) is 23.0 Å².